The van der Waals surface area contributed by atoms with E-state index in [4.69, 9.17) is 4.74 Å². The molecule has 0 aromatic heterocycles. The summed E-state index contributed by atoms with van der Waals surface area (Å²) >= 11 is 0. The molecule has 2 nitrogen and oxygen atoms in total. The maximum absolute atomic E-state index is 5.95. The smallest absolute Gasteiger partial charge is 0.150 e. The van der Waals surface area contributed by atoms with Gasteiger partial charge in [0.2, 0.25) is 0 Å². The molecule has 0 radical (unpaired) electrons. The van der Waals surface area contributed by atoms with Crippen molar-refractivity contribution in [2.45, 2.75) is 39.2 Å². The zero-order valence-electron chi connectivity index (χ0n) is 12.3. The van der Waals surface area contributed by atoms with E-state index in [0.29, 0.717) is 6.04 Å². The number of para-hydroxylation sites is 3. The van der Waals surface area contributed by atoms with Crippen LogP contribution in [0.3, 0.4) is 0 Å². The largest absolute Gasteiger partial charge is 0.455 e. The summed E-state index contributed by atoms with van der Waals surface area (Å²) in [6.07, 6.45) is 3.65. The number of benzene rings is 2. The molecule has 20 heavy (non-hydrogen) atoms. The Kier molecular flexibility index (Phi) is 5.48. The summed E-state index contributed by atoms with van der Waals surface area (Å²) in [4.78, 5) is 0. The molecular formula is C18H23NO. The fourth-order valence-electron chi connectivity index (χ4n) is 2.14. The van der Waals surface area contributed by atoms with Crippen LogP contribution in [0.2, 0.25) is 0 Å². The molecule has 2 heteroatoms. The molecule has 106 valence electrons. The first-order valence-corrected chi connectivity index (χ1v) is 7.38. The number of ether oxygens (including phenoxy) is 1. The van der Waals surface area contributed by atoms with Crippen LogP contribution < -0.4 is 10.1 Å². The van der Waals surface area contributed by atoms with E-state index in [1.165, 1.54) is 19.3 Å². The Hall–Kier alpha value is -1.96. The van der Waals surface area contributed by atoms with Crippen LogP contribution >= 0.6 is 0 Å². The number of hydrogen-bond acceptors (Lipinski definition) is 2. The van der Waals surface area contributed by atoms with E-state index < -0.39 is 0 Å². The van der Waals surface area contributed by atoms with Crippen LogP contribution in [0.1, 0.15) is 33.1 Å². The zero-order valence-corrected chi connectivity index (χ0v) is 12.3. The topological polar surface area (TPSA) is 21.3 Å². The van der Waals surface area contributed by atoms with Gasteiger partial charge < -0.3 is 10.1 Å². The van der Waals surface area contributed by atoms with Gasteiger partial charge in [-0.05, 0) is 37.6 Å². The first-order valence-electron chi connectivity index (χ1n) is 7.38. The molecule has 0 aliphatic heterocycles. The van der Waals surface area contributed by atoms with Crippen LogP contribution in [0.15, 0.2) is 54.6 Å². The lowest BCUT2D eigenvalue weighted by Gasteiger charge is -2.18. The Balaban J connectivity index is 2.06. The van der Waals surface area contributed by atoms with E-state index in [1.807, 2.05) is 48.5 Å². The third kappa shape index (κ3) is 4.30. The van der Waals surface area contributed by atoms with Crippen LogP contribution in [0.25, 0.3) is 0 Å². The normalized spacial score (nSPS) is 11.9. The minimum Gasteiger partial charge on any atom is -0.455 e. The minimum atomic E-state index is 0.454. The average Bonchev–Trinajstić information content (AvgIpc) is 2.48. The highest BCUT2D eigenvalue weighted by Gasteiger charge is 2.07. The van der Waals surface area contributed by atoms with Crippen molar-refractivity contribution < 1.29 is 4.74 Å². The van der Waals surface area contributed by atoms with Crippen molar-refractivity contribution in [3.05, 3.63) is 54.6 Å². The van der Waals surface area contributed by atoms with Crippen LogP contribution in [-0.4, -0.2) is 6.04 Å². The van der Waals surface area contributed by atoms with E-state index >= 15 is 0 Å². The van der Waals surface area contributed by atoms with Crippen molar-refractivity contribution in [2.75, 3.05) is 5.32 Å². The molecule has 0 fully saturated rings. The quantitative estimate of drug-likeness (QED) is 0.719. The molecule has 1 atom stereocenters. The number of anilines is 1. The van der Waals surface area contributed by atoms with Crippen molar-refractivity contribution in [3.63, 3.8) is 0 Å². The second-order valence-electron chi connectivity index (χ2n) is 5.10. The first-order chi connectivity index (χ1) is 9.79. The van der Waals surface area contributed by atoms with Gasteiger partial charge in [-0.3, -0.25) is 0 Å². The van der Waals surface area contributed by atoms with Gasteiger partial charge in [-0.15, -0.1) is 0 Å². The van der Waals surface area contributed by atoms with E-state index in [9.17, 15) is 0 Å². The molecule has 0 aliphatic carbocycles. The first kappa shape index (κ1) is 14.4. The fraction of sp³-hybridized carbons (Fsp3) is 0.333. The summed E-state index contributed by atoms with van der Waals surface area (Å²) in [5.74, 6) is 1.74. The molecule has 1 N–H and O–H groups in total. The Labute approximate surface area is 121 Å². The number of nitrogens with one attached hydrogen (secondary N) is 1. The van der Waals surface area contributed by atoms with Crippen LogP contribution in [0.5, 0.6) is 11.5 Å². The lowest BCUT2D eigenvalue weighted by Crippen LogP contribution is -2.15. The van der Waals surface area contributed by atoms with Gasteiger partial charge in [0.15, 0.2) is 5.75 Å². The number of rotatable bonds is 7. The van der Waals surface area contributed by atoms with Crippen molar-refractivity contribution in [3.8, 4) is 11.5 Å². The standard InChI is InChI=1S/C18H23NO/c1-3-4-10-15(2)19-17-13-8-9-14-18(17)20-16-11-6-5-7-12-16/h5-9,11-15,19H,3-4,10H2,1-2H3. The lowest BCUT2D eigenvalue weighted by atomic mass is 10.1. The molecule has 2 aromatic rings. The van der Waals surface area contributed by atoms with Gasteiger partial charge in [0.1, 0.15) is 5.75 Å². The molecule has 0 bridgehead atoms. The molecule has 0 heterocycles. The van der Waals surface area contributed by atoms with Crippen molar-refractivity contribution in [1.29, 1.82) is 0 Å². The third-order valence-corrected chi connectivity index (χ3v) is 3.25. The summed E-state index contributed by atoms with van der Waals surface area (Å²) in [5.41, 5.74) is 1.06. The molecule has 0 saturated heterocycles. The van der Waals surface area contributed by atoms with Gasteiger partial charge in [-0.1, -0.05) is 50.1 Å². The summed E-state index contributed by atoms with van der Waals surface area (Å²) in [6, 6.07) is 18.5. The van der Waals surface area contributed by atoms with Gasteiger partial charge in [0, 0.05) is 6.04 Å². The number of hydrogen-bond donors (Lipinski definition) is 1. The van der Waals surface area contributed by atoms with Gasteiger partial charge in [0.05, 0.1) is 5.69 Å². The maximum Gasteiger partial charge on any atom is 0.150 e. The molecule has 2 rings (SSSR count). The van der Waals surface area contributed by atoms with Crippen molar-refractivity contribution in [1.82, 2.24) is 0 Å². The van der Waals surface area contributed by atoms with Crippen LogP contribution in [0.4, 0.5) is 5.69 Å². The second kappa shape index (κ2) is 7.59. The van der Waals surface area contributed by atoms with E-state index in [1.54, 1.807) is 0 Å². The van der Waals surface area contributed by atoms with E-state index in [2.05, 4.69) is 25.2 Å². The Morgan fingerprint density at radius 1 is 1.00 bits per heavy atom. The summed E-state index contributed by atoms with van der Waals surface area (Å²) in [6.45, 7) is 4.44. The average molecular weight is 269 g/mol. The second-order valence-corrected chi connectivity index (χ2v) is 5.10. The molecule has 0 aliphatic rings. The van der Waals surface area contributed by atoms with Crippen LogP contribution in [0, 0.1) is 0 Å². The predicted molar refractivity (Wildman–Crippen MR) is 85.6 cm³/mol. The van der Waals surface area contributed by atoms with Gasteiger partial charge in [-0.25, -0.2) is 0 Å². The summed E-state index contributed by atoms with van der Waals surface area (Å²) in [7, 11) is 0. The third-order valence-electron chi connectivity index (χ3n) is 3.25. The molecule has 1 unspecified atom stereocenters. The summed E-state index contributed by atoms with van der Waals surface area (Å²) < 4.78 is 5.95. The van der Waals surface area contributed by atoms with Gasteiger partial charge in [0.25, 0.3) is 0 Å². The van der Waals surface area contributed by atoms with Gasteiger partial charge >= 0.3 is 0 Å². The van der Waals surface area contributed by atoms with E-state index in [0.717, 1.165) is 17.2 Å². The van der Waals surface area contributed by atoms with E-state index in [-0.39, 0.29) is 0 Å². The molecule has 2 aromatic carbocycles. The highest BCUT2D eigenvalue weighted by molar-refractivity contribution is 5.57. The number of unbranched alkanes of at least 4 members (excludes halogenated alkanes) is 1. The SMILES string of the molecule is CCCCC(C)Nc1ccccc1Oc1ccccc1. The zero-order chi connectivity index (χ0) is 14.2. The Morgan fingerprint density at radius 3 is 2.45 bits per heavy atom. The minimum absolute atomic E-state index is 0.454. The van der Waals surface area contributed by atoms with Crippen molar-refractivity contribution in [2.24, 2.45) is 0 Å². The monoisotopic (exact) mass is 269 g/mol. The van der Waals surface area contributed by atoms with Crippen molar-refractivity contribution >= 4 is 5.69 Å². The fourth-order valence-corrected chi connectivity index (χ4v) is 2.14. The molecule has 0 saturated carbocycles. The molecule has 0 amide bonds. The highest BCUT2D eigenvalue weighted by Crippen LogP contribution is 2.29. The summed E-state index contributed by atoms with van der Waals surface area (Å²) in [5, 5.41) is 3.54. The Morgan fingerprint density at radius 2 is 1.70 bits per heavy atom. The van der Waals surface area contributed by atoms with Gasteiger partial charge in [-0.2, -0.15) is 0 Å². The highest BCUT2D eigenvalue weighted by atomic mass is 16.5. The Bertz CT molecular complexity index is 510. The van der Waals surface area contributed by atoms with Crippen LogP contribution in [-0.2, 0) is 0 Å². The molecule has 0 spiro atoms. The predicted octanol–water partition coefficient (Wildman–Crippen LogP) is 5.47. The maximum atomic E-state index is 5.95. The lowest BCUT2D eigenvalue weighted by molar-refractivity contribution is 0.483. The molecular weight excluding hydrogens is 246 g/mol.